The first-order valence-corrected chi connectivity index (χ1v) is 8.02. The molecule has 0 aromatic carbocycles. The van der Waals surface area contributed by atoms with Crippen LogP contribution in [0.3, 0.4) is 0 Å². The minimum Gasteiger partial charge on any atom is -0.464 e. The van der Waals surface area contributed by atoms with Gasteiger partial charge in [-0.15, -0.1) is 0 Å². The Kier molecular flexibility index (Phi) is 3.95. The molecule has 0 bridgehead atoms. The Bertz CT molecular complexity index is 572. The minimum atomic E-state index is -0.557. The monoisotopic (exact) mass is 309 g/mol. The molecule has 6 nitrogen and oxygen atoms in total. The number of thiazole rings is 1. The zero-order valence-electron chi connectivity index (χ0n) is 12.2. The van der Waals surface area contributed by atoms with Gasteiger partial charge in [0.1, 0.15) is 4.88 Å². The molecule has 1 aromatic rings. The van der Waals surface area contributed by atoms with Crippen molar-refractivity contribution in [2.75, 3.05) is 25.5 Å². The normalized spacial score (nSPS) is 24.9. The number of fused-ring (bicyclic) bond motifs is 1. The third-order valence-electron chi connectivity index (χ3n) is 4.24. The summed E-state index contributed by atoms with van der Waals surface area (Å²) in [5.41, 5.74) is 0.124. The summed E-state index contributed by atoms with van der Waals surface area (Å²) in [7, 11) is 1.30. The van der Waals surface area contributed by atoms with E-state index in [0.29, 0.717) is 22.1 Å². The molecule has 0 radical (unpaired) electrons. The first-order valence-electron chi connectivity index (χ1n) is 7.21. The number of carbonyl (C=O) groups is 2. The summed E-state index contributed by atoms with van der Waals surface area (Å²) in [6.45, 7) is 3.72. The number of ketones is 1. The molecule has 2 atom stereocenters. The first kappa shape index (κ1) is 14.5. The Balaban J connectivity index is 1.79. The van der Waals surface area contributed by atoms with Gasteiger partial charge in [0.2, 0.25) is 0 Å². The molecule has 0 saturated carbocycles. The molecule has 21 heavy (non-hydrogen) atoms. The van der Waals surface area contributed by atoms with Crippen LogP contribution >= 0.6 is 11.3 Å². The standard InChI is InChI=1S/C14H19N3O3S/c1-8(18)12-11(13(19)20-2)16-14(21-12)15-9-5-7-17-6-3-4-10(9)17/h9-10H,3-7H2,1-2H3,(H,15,16). The zero-order chi connectivity index (χ0) is 15.0. The van der Waals surface area contributed by atoms with Gasteiger partial charge in [-0.3, -0.25) is 9.69 Å². The van der Waals surface area contributed by atoms with Crippen LogP contribution < -0.4 is 5.32 Å². The molecule has 3 heterocycles. The van der Waals surface area contributed by atoms with Gasteiger partial charge in [-0.05, 0) is 25.8 Å². The number of hydrogen-bond acceptors (Lipinski definition) is 7. The number of ether oxygens (including phenoxy) is 1. The number of hydrogen-bond donors (Lipinski definition) is 1. The molecule has 0 aliphatic carbocycles. The van der Waals surface area contributed by atoms with E-state index in [2.05, 4.69) is 15.2 Å². The summed E-state index contributed by atoms with van der Waals surface area (Å²) < 4.78 is 4.70. The van der Waals surface area contributed by atoms with E-state index in [4.69, 9.17) is 4.74 Å². The van der Waals surface area contributed by atoms with E-state index in [9.17, 15) is 9.59 Å². The molecule has 2 aliphatic rings. The summed E-state index contributed by atoms with van der Waals surface area (Å²) in [5, 5.41) is 4.05. The molecule has 2 aliphatic heterocycles. The predicted molar refractivity (Wildman–Crippen MR) is 80.1 cm³/mol. The lowest BCUT2D eigenvalue weighted by molar-refractivity contribution is 0.0591. The van der Waals surface area contributed by atoms with Gasteiger partial charge in [0, 0.05) is 25.6 Å². The van der Waals surface area contributed by atoms with Crippen LogP contribution in [0.1, 0.15) is 46.3 Å². The Labute approximate surface area is 127 Å². The molecule has 3 rings (SSSR count). The molecule has 114 valence electrons. The maximum atomic E-state index is 11.7. The molecule has 2 fully saturated rings. The van der Waals surface area contributed by atoms with Crippen molar-refractivity contribution in [3.63, 3.8) is 0 Å². The molecule has 0 amide bonds. The summed E-state index contributed by atoms with van der Waals surface area (Å²) in [6, 6.07) is 0.903. The molecule has 1 N–H and O–H groups in total. The molecule has 1 aromatic heterocycles. The third-order valence-corrected chi connectivity index (χ3v) is 5.33. The van der Waals surface area contributed by atoms with Crippen molar-refractivity contribution in [3.8, 4) is 0 Å². The van der Waals surface area contributed by atoms with E-state index in [1.807, 2.05) is 0 Å². The lowest BCUT2D eigenvalue weighted by Gasteiger charge is -2.20. The fourth-order valence-corrected chi connectivity index (χ4v) is 4.17. The highest BCUT2D eigenvalue weighted by atomic mass is 32.1. The van der Waals surface area contributed by atoms with Crippen LogP contribution in [0.25, 0.3) is 0 Å². The second-order valence-electron chi connectivity index (χ2n) is 5.53. The Morgan fingerprint density at radius 3 is 2.90 bits per heavy atom. The molecule has 0 spiro atoms. The van der Waals surface area contributed by atoms with Crippen molar-refractivity contribution in [1.29, 1.82) is 0 Å². The second kappa shape index (κ2) is 5.73. The van der Waals surface area contributed by atoms with Gasteiger partial charge in [0.25, 0.3) is 0 Å². The van der Waals surface area contributed by atoms with Crippen molar-refractivity contribution in [1.82, 2.24) is 9.88 Å². The molecular weight excluding hydrogens is 290 g/mol. The van der Waals surface area contributed by atoms with Gasteiger partial charge >= 0.3 is 5.97 Å². The van der Waals surface area contributed by atoms with E-state index < -0.39 is 5.97 Å². The average molecular weight is 309 g/mol. The van der Waals surface area contributed by atoms with Gasteiger partial charge in [0.05, 0.1) is 7.11 Å². The molecular formula is C14H19N3O3S. The lowest BCUT2D eigenvalue weighted by Crippen LogP contribution is -2.33. The molecule has 2 saturated heterocycles. The Morgan fingerprint density at radius 1 is 1.38 bits per heavy atom. The van der Waals surface area contributed by atoms with Crippen LogP contribution in [0.5, 0.6) is 0 Å². The van der Waals surface area contributed by atoms with Gasteiger partial charge < -0.3 is 10.1 Å². The van der Waals surface area contributed by atoms with Gasteiger partial charge in [-0.2, -0.15) is 0 Å². The van der Waals surface area contributed by atoms with E-state index in [1.54, 1.807) is 0 Å². The van der Waals surface area contributed by atoms with Crippen LogP contribution in [-0.4, -0.2) is 53.9 Å². The minimum absolute atomic E-state index is 0.124. The topological polar surface area (TPSA) is 71.5 Å². The van der Waals surface area contributed by atoms with Crippen LogP contribution in [0.15, 0.2) is 0 Å². The Hall–Kier alpha value is -1.47. The largest absolute Gasteiger partial charge is 0.464 e. The number of rotatable bonds is 4. The van der Waals surface area contributed by atoms with Gasteiger partial charge in [0.15, 0.2) is 16.6 Å². The lowest BCUT2D eigenvalue weighted by atomic mass is 10.1. The second-order valence-corrected chi connectivity index (χ2v) is 6.53. The van der Waals surface area contributed by atoms with Crippen molar-refractivity contribution in [2.45, 2.75) is 38.3 Å². The molecule has 7 heteroatoms. The van der Waals surface area contributed by atoms with Gasteiger partial charge in [-0.1, -0.05) is 11.3 Å². The fourth-order valence-electron chi connectivity index (χ4n) is 3.26. The number of methoxy groups -OCH3 is 1. The van der Waals surface area contributed by atoms with Crippen LogP contribution in [0.4, 0.5) is 5.13 Å². The number of carbonyl (C=O) groups excluding carboxylic acids is 2. The summed E-state index contributed by atoms with van der Waals surface area (Å²) in [4.78, 5) is 30.5. The Morgan fingerprint density at radius 2 is 2.19 bits per heavy atom. The number of nitrogens with zero attached hydrogens (tertiary/aromatic N) is 2. The maximum Gasteiger partial charge on any atom is 0.358 e. The summed E-state index contributed by atoms with van der Waals surface area (Å²) >= 11 is 1.24. The van der Waals surface area contributed by atoms with E-state index in [0.717, 1.165) is 13.0 Å². The van der Waals surface area contributed by atoms with Crippen molar-refractivity contribution < 1.29 is 14.3 Å². The number of anilines is 1. The number of aromatic nitrogens is 1. The highest BCUT2D eigenvalue weighted by Gasteiger charge is 2.37. The van der Waals surface area contributed by atoms with Crippen molar-refractivity contribution >= 4 is 28.2 Å². The van der Waals surface area contributed by atoms with Crippen LogP contribution in [0.2, 0.25) is 0 Å². The maximum absolute atomic E-state index is 11.7. The number of nitrogens with one attached hydrogen (secondary N) is 1. The fraction of sp³-hybridized carbons (Fsp3) is 0.643. The van der Waals surface area contributed by atoms with Crippen LogP contribution in [0, 0.1) is 0 Å². The molecule has 2 unspecified atom stereocenters. The van der Waals surface area contributed by atoms with E-state index in [-0.39, 0.29) is 11.5 Å². The average Bonchev–Trinajstić information content (AvgIpc) is 3.14. The smallest absolute Gasteiger partial charge is 0.358 e. The van der Waals surface area contributed by atoms with E-state index >= 15 is 0 Å². The van der Waals surface area contributed by atoms with Crippen LogP contribution in [-0.2, 0) is 4.74 Å². The summed E-state index contributed by atoms with van der Waals surface area (Å²) in [5.74, 6) is -0.715. The van der Waals surface area contributed by atoms with Gasteiger partial charge in [-0.25, -0.2) is 9.78 Å². The summed E-state index contributed by atoms with van der Waals surface area (Å²) in [6.07, 6.45) is 3.52. The number of esters is 1. The first-order chi connectivity index (χ1) is 10.1. The third kappa shape index (κ3) is 2.67. The zero-order valence-corrected chi connectivity index (χ0v) is 13.0. The van der Waals surface area contributed by atoms with Crippen molar-refractivity contribution in [2.24, 2.45) is 0 Å². The predicted octanol–water partition coefficient (Wildman–Crippen LogP) is 1.78. The SMILES string of the molecule is COC(=O)c1nc(NC2CCN3CCCC23)sc1C(C)=O. The highest BCUT2D eigenvalue weighted by Crippen LogP contribution is 2.32. The van der Waals surface area contributed by atoms with Crippen molar-refractivity contribution in [3.05, 3.63) is 10.6 Å². The highest BCUT2D eigenvalue weighted by molar-refractivity contribution is 7.17. The van der Waals surface area contributed by atoms with E-state index in [1.165, 1.54) is 44.8 Å². The quantitative estimate of drug-likeness (QED) is 0.675. The number of Topliss-reactive ketones (excluding diaryl/α,β-unsaturated/α-hetero) is 1.